The van der Waals surface area contributed by atoms with Gasteiger partial charge in [-0.25, -0.2) is 4.98 Å². The van der Waals surface area contributed by atoms with Crippen LogP contribution in [0.1, 0.15) is 30.0 Å². The number of imidazole rings is 1. The van der Waals surface area contributed by atoms with E-state index in [9.17, 15) is 0 Å². The summed E-state index contributed by atoms with van der Waals surface area (Å²) in [6, 6.07) is 3.94. The van der Waals surface area contributed by atoms with Gasteiger partial charge in [-0.15, -0.1) is 0 Å². The van der Waals surface area contributed by atoms with Gasteiger partial charge in [-0.2, -0.15) is 0 Å². The molecule has 84 valence electrons. The molecule has 0 aromatic carbocycles. The molecule has 0 spiro atoms. The van der Waals surface area contributed by atoms with E-state index in [1.54, 1.807) is 0 Å². The fourth-order valence-corrected chi connectivity index (χ4v) is 1.57. The van der Waals surface area contributed by atoms with E-state index in [-0.39, 0.29) is 6.04 Å². The molecule has 2 rings (SSSR count). The molecule has 2 aromatic rings. The summed E-state index contributed by atoms with van der Waals surface area (Å²) in [7, 11) is 0. The van der Waals surface area contributed by atoms with Crippen molar-refractivity contribution in [3.05, 3.63) is 41.7 Å². The molecule has 0 unspecified atom stereocenters. The predicted molar refractivity (Wildman–Crippen MR) is 63.4 cm³/mol. The first-order valence-electron chi connectivity index (χ1n) is 5.32. The fourth-order valence-electron chi connectivity index (χ4n) is 1.57. The van der Waals surface area contributed by atoms with Crippen molar-refractivity contribution in [3.8, 4) is 5.69 Å². The van der Waals surface area contributed by atoms with E-state index in [4.69, 9.17) is 5.73 Å². The molecule has 16 heavy (non-hydrogen) atoms. The molecule has 2 heterocycles. The smallest absolute Gasteiger partial charge is 0.0997 e. The summed E-state index contributed by atoms with van der Waals surface area (Å²) in [4.78, 5) is 8.59. The Balaban J connectivity index is 2.38. The van der Waals surface area contributed by atoms with Gasteiger partial charge < -0.3 is 10.3 Å². The predicted octanol–water partition coefficient (Wildman–Crippen LogP) is 1.90. The minimum Gasteiger partial charge on any atom is -0.323 e. The first-order chi connectivity index (χ1) is 7.59. The normalized spacial score (nSPS) is 12.8. The van der Waals surface area contributed by atoms with Crippen LogP contribution in [0.25, 0.3) is 5.69 Å². The van der Waals surface area contributed by atoms with Crippen LogP contribution in [-0.4, -0.2) is 14.5 Å². The highest BCUT2D eigenvalue weighted by Crippen LogP contribution is 2.14. The van der Waals surface area contributed by atoms with Gasteiger partial charge in [-0.05, 0) is 32.9 Å². The maximum absolute atomic E-state index is 5.75. The van der Waals surface area contributed by atoms with Crippen LogP contribution < -0.4 is 5.73 Å². The van der Waals surface area contributed by atoms with Crippen LogP contribution in [-0.2, 0) is 0 Å². The lowest BCUT2D eigenvalue weighted by molar-refractivity contribution is 0.778. The van der Waals surface area contributed by atoms with Crippen molar-refractivity contribution in [2.24, 2.45) is 5.73 Å². The molecule has 0 saturated heterocycles. The van der Waals surface area contributed by atoms with Gasteiger partial charge in [-0.1, -0.05) is 0 Å². The Morgan fingerprint density at radius 3 is 2.44 bits per heavy atom. The van der Waals surface area contributed by atoms with E-state index in [0.29, 0.717) is 0 Å². The molecule has 4 heteroatoms. The molecule has 0 aliphatic heterocycles. The minimum absolute atomic E-state index is 0.0281. The Kier molecular flexibility index (Phi) is 2.75. The molecule has 0 bridgehead atoms. The monoisotopic (exact) mass is 216 g/mol. The van der Waals surface area contributed by atoms with E-state index in [2.05, 4.69) is 9.97 Å². The van der Waals surface area contributed by atoms with E-state index in [0.717, 1.165) is 22.8 Å². The van der Waals surface area contributed by atoms with Gasteiger partial charge in [0.05, 0.1) is 29.6 Å². The third-order valence-corrected chi connectivity index (χ3v) is 2.77. The largest absolute Gasteiger partial charge is 0.323 e. The quantitative estimate of drug-likeness (QED) is 0.834. The summed E-state index contributed by atoms with van der Waals surface area (Å²) >= 11 is 0. The summed E-state index contributed by atoms with van der Waals surface area (Å²) in [5, 5.41) is 0. The summed E-state index contributed by atoms with van der Waals surface area (Å²) in [6.07, 6.45) is 3.64. The summed E-state index contributed by atoms with van der Waals surface area (Å²) in [6.45, 7) is 5.96. The molecular weight excluding hydrogens is 200 g/mol. The number of pyridine rings is 1. The number of rotatable bonds is 2. The second-order valence-corrected chi connectivity index (χ2v) is 4.02. The molecule has 0 radical (unpaired) electrons. The Morgan fingerprint density at radius 1 is 1.25 bits per heavy atom. The van der Waals surface area contributed by atoms with Crippen LogP contribution in [0.15, 0.2) is 24.7 Å². The van der Waals surface area contributed by atoms with Crippen LogP contribution in [0.4, 0.5) is 0 Å². The number of hydrogen-bond donors (Lipinski definition) is 1. The Labute approximate surface area is 95.1 Å². The minimum atomic E-state index is -0.0281. The highest BCUT2D eigenvalue weighted by molar-refractivity contribution is 5.33. The lowest BCUT2D eigenvalue weighted by Gasteiger charge is -2.08. The van der Waals surface area contributed by atoms with Crippen molar-refractivity contribution in [1.82, 2.24) is 14.5 Å². The molecule has 0 fully saturated rings. The third kappa shape index (κ3) is 1.84. The molecule has 0 aliphatic rings. The van der Waals surface area contributed by atoms with Crippen molar-refractivity contribution in [2.45, 2.75) is 26.8 Å². The van der Waals surface area contributed by atoms with Crippen LogP contribution in [0.5, 0.6) is 0 Å². The number of aryl methyl sites for hydroxylation is 1. The van der Waals surface area contributed by atoms with E-state index in [1.165, 1.54) is 0 Å². The molecule has 2 N–H and O–H groups in total. The zero-order valence-corrected chi connectivity index (χ0v) is 9.81. The van der Waals surface area contributed by atoms with Crippen molar-refractivity contribution >= 4 is 0 Å². The fraction of sp³-hybridized carbons (Fsp3) is 0.333. The average molecular weight is 216 g/mol. The van der Waals surface area contributed by atoms with Crippen molar-refractivity contribution in [2.75, 3.05) is 0 Å². The average Bonchev–Trinajstić information content (AvgIpc) is 2.60. The van der Waals surface area contributed by atoms with Gasteiger partial charge in [0.15, 0.2) is 0 Å². The molecule has 0 saturated carbocycles. The Bertz CT molecular complexity index is 482. The molecule has 0 amide bonds. The van der Waals surface area contributed by atoms with Crippen molar-refractivity contribution in [1.29, 1.82) is 0 Å². The molecule has 2 aromatic heterocycles. The number of nitrogens with two attached hydrogens (primary N) is 1. The molecule has 0 aliphatic carbocycles. The SMILES string of the molecule is Cc1ncn(-c2ccc([C@H](C)N)nc2)c1C. The topological polar surface area (TPSA) is 56.7 Å². The van der Waals surface area contributed by atoms with Crippen molar-refractivity contribution in [3.63, 3.8) is 0 Å². The third-order valence-electron chi connectivity index (χ3n) is 2.77. The zero-order chi connectivity index (χ0) is 11.7. The second-order valence-electron chi connectivity index (χ2n) is 4.02. The Morgan fingerprint density at radius 2 is 2.00 bits per heavy atom. The maximum Gasteiger partial charge on any atom is 0.0997 e. The van der Waals surface area contributed by atoms with Gasteiger partial charge in [0.2, 0.25) is 0 Å². The number of hydrogen-bond acceptors (Lipinski definition) is 3. The zero-order valence-electron chi connectivity index (χ0n) is 9.81. The van der Waals surface area contributed by atoms with Crippen LogP contribution in [0, 0.1) is 13.8 Å². The highest BCUT2D eigenvalue weighted by atomic mass is 15.1. The number of aromatic nitrogens is 3. The first kappa shape index (κ1) is 10.8. The Hall–Kier alpha value is -1.68. The van der Waals surface area contributed by atoms with Gasteiger partial charge >= 0.3 is 0 Å². The maximum atomic E-state index is 5.75. The lowest BCUT2D eigenvalue weighted by atomic mass is 10.2. The van der Waals surface area contributed by atoms with Gasteiger partial charge in [0, 0.05) is 11.7 Å². The summed E-state index contributed by atoms with van der Waals surface area (Å²) in [5.74, 6) is 0. The van der Waals surface area contributed by atoms with E-state index < -0.39 is 0 Å². The van der Waals surface area contributed by atoms with E-state index in [1.807, 2.05) is 50.0 Å². The van der Waals surface area contributed by atoms with Gasteiger partial charge in [-0.3, -0.25) is 4.98 Å². The van der Waals surface area contributed by atoms with Gasteiger partial charge in [0.25, 0.3) is 0 Å². The summed E-state index contributed by atoms with van der Waals surface area (Å²) in [5.41, 5.74) is 9.84. The number of nitrogens with zero attached hydrogens (tertiary/aromatic N) is 3. The standard InChI is InChI=1S/C12H16N4/c1-8(13)12-5-4-11(6-14-12)16-7-15-9(2)10(16)3/h4-8H,13H2,1-3H3/t8-/m0/s1. The molecular formula is C12H16N4. The molecule has 4 nitrogen and oxygen atoms in total. The van der Waals surface area contributed by atoms with Crippen LogP contribution >= 0.6 is 0 Å². The summed E-state index contributed by atoms with van der Waals surface area (Å²) < 4.78 is 2.02. The van der Waals surface area contributed by atoms with Crippen molar-refractivity contribution < 1.29 is 0 Å². The lowest BCUT2D eigenvalue weighted by Crippen LogP contribution is -2.07. The molecule has 1 atom stereocenters. The van der Waals surface area contributed by atoms with Crippen LogP contribution in [0.3, 0.4) is 0 Å². The van der Waals surface area contributed by atoms with Gasteiger partial charge in [0.1, 0.15) is 0 Å². The highest BCUT2D eigenvalue weighted by Gasteiger charge is 2.05. The second kappa shape index (κ2) is 4.06. The first-order valence-corrected chi connectivity index (χ1v) is 5.32. The van der Waals surface area contributed by atoms with E-state index >= 15 is 0 Å². The van der Waals surface area contributed by atoms with Crippen LogP contribution in [0.2, 0.25) is 0 Å².